The van der Waals surface area contributed by atoms with E-state index in [1.807, 2.05) is 0 Å². The highest BCUT2D eigenvalue weighted by Gasteiger charge is 2.34. The Morgan fingerprint density at radius 3 is 2.40 bits per heavy atom. The van der Waals surface area contributed by atoms with E-state index in [-0.39, 0.29) is 31.6 Å². The van der Waals surface area contributed by atoms with Gasteiger partial charge in [0.25, 0.3) is 5.91 Å². The summed E-state index contributed by atoms with van der Waals surface area (Å²) in [7, 11) is -4.26. The van der Waals surface area contributed by atoms with Crippen molar-refractivity contribution < 1.29 is 31.3 Å². The number of hydrogen-bond donors (Lipinski definition) is 2. The minimum absolute atomic E-state index is 0.0690. The van der Waals surface area contributed by atoms with Crippen LogP contribution in [0.3, 0.4) is 0 Å². The molecule has 1 saturated heterocycles. The summed E-state index contributed by atoms with van der Waals surface area (Å²) in [4.78, 5) is 11.8. The van der Waals surface area contributed by atoms with Gasteiger partial charge in [-0.05, 0) is 25.0 Å². The largest absolute Gasteiger partial charge is 0.348 e. The van der Waals surface area contributed by atoms with Gasteiger partial charge in [-0.3, -0.25) is 4.79 Å². The van der Waals surface area contributed by atoms with Gasteiger partial charge in [-0.1, -0.05) is 0 Å². The highest BCUT2D eigenvalue weighted by Crippen LogP contribution is 2.23. The van der Waals surface area contributed by atoms with Crippen LogP contribution in [0.25, 0.3) is 0 Å². The highest BCUT2D eigenvalue weighted by molar-refractivity contribution is 7.89. The Balaban J connectivity index is 1.63. The van der Waals surface area contributed by atoms with Crippen molar-refractivity contribution in [1.29, 1.82) is 0 Å². The van der Waals surface area contributed by atoms with Crippen molar-refractivity contribution in [2.75, 3.05) is 32.7 Å². The van der Waals surface area contributed by atoms with Gasteiger partial charge in [-0.15, -0.1) is 0 Å². The number of amides is 1. The number of sulfonamides is 1. The van der Waals surface area contributed by atoms with Crippen LogP contribution in [0.2, 0.25) is 0 Å². The van der Waals surface area contributed by atoms with Crippen LogP contribution >= 0.6 is 0 Å². The smallest absolute Gasteiger partial charge is 0.275 e. The van der Waals surface area contributed by atoms with Gasteiger partial charge in [-0.25, -0.2) is 21.6 Å². The molecule has 25 heavy (non-hydrogen) atoms. The van der Waals surface area contributed by atoms with Crippen molar-refractivity contribution in [3.63, 3.8) is 0 Å². The zero-order valence-corrected chi connectivity index (χ0v) is 14.2. The molecule has 1 heterocycles. The molecule has 1 aliphatic carbocycles. The highest BCUT2D eigenvalue weighted by atomic mass is 32.2. The summed E-state index contributed by atoms with van der Waals surface area (Å²) < 4.78 is 66.1. The zero-order chi connectivity index (χ0) is 18.2. The fourth-order valence-electron chi connectivity index (χ4n) is 2.80. The third-order valence-electron chi connectivity index (χ3n) is 4.40. The molecule has 1 aromatic carbocycles. The fraction of sp³-hybridized carbons (Fsp3) is 0.533. The van der Waals surface area contributed by atoms with Gasteiger partial charge in [0.1, 0.15) is 4.90 Å². The molecule has 2 N–H and O–H groups in total. The number of carbonyl (C=O) groups is 1. The monoisotopic (exact) mass is 378 g/mol. The lowest BCUT2D eigenvalue weighted by Gasteiger charge is -2.31. The summed E-state index contributed by atoms with van der Waals surface area (Å²) in [5.74, 6) is -5.02. The van der Waals surface area contributed by atoms with E-state index >= 15 is 0 Å². The molecular formula is C15H19F3N3O3S+. The number of nitrogens with one attached hydrogen (secondary N) is 2. The molecule has 10 heteroatoms. The first kappa shape index (κ1) is 18.2. The second-order valence-electron chi connectivity index (χ2n) is 6.35. The minimum Gasteiger partial charge on any atom is -0.348 e. The van der Waals surface area contributed by atoms with Crippen LogP contribution in [0.4, 0.5) is 13.2 Å². The quantitative estimate of drug-likeness (QED) is 0.664. The summed E-state index contributed by atoms with van der Waals surface area (Å²) in [6.45, 7) is 1.16. The summed E-state index contributed by atoms with van der Waals surface area (Å²) >= 11 is 0. The van der Waals surface area contributed by atoms with Crippen LogP contribution in [-0.2, 0) is 14.8 Å². The van der Waals surface area contributed by atoms with Gasteiger partial charge >= 0.3 is 0 Å². The minimum atomic E-state index is -4.26. The average molecular weight is 378 g/mol. The molecule has 0 atom stereocenters. The van der Waals surface area contributed by atoms with Crippen LogP contribution in [0, 0.1) is 17.5 Å². The van der Waals surface area contributed by atoms with E-state index in [1.54, 1.807) is 0 Å². The molecule has 0 bridgehead atoms. The summed E-state index contributed by atoms with van der Waals surface area (Å²) in [5, 5.41) is 2.87. The van der Waals surface area contributed by atoms with Crippen molar-refractivity contribution in [3.8, 4) is 0 Å². The summed E-state index contributed by atoms with van der Waals surface area (Å²) in [6.07, 6.45) is 1.99. The van der Waals surface area contributed by atoms with Crippen LogP contribution in [0.1, 0.15) is 12.8 Å². The second-order valence-corrected chi connectivity index (χ2v) is 8.25. The van der Waals surface area contributed by atoms with E-state index in [0.717, 1.165) is 28.1 Å². The second kappa shape index (κ2) is 6.93. The van der Waals surface area contributed by atoms with E-state index in [9.17, 15) is 26.4 Å². The zero-order valence-electron chi connectivity index (χ0n) is 13.4. The molecule has 1 saturated carbocycles. The lowest BCUT2D eigenvalue weighted by Crippen LogP contribution is -3.15. The van der Waals surface area contributed by atoms with Crippen molar-refractivity contribution in [1.82, 2.24) is 9.62 Å². The molecule has 6 nitrogen and oxygen atoms in total. The normalized spacial score (nSPS) is 19.8. The molecule has 2 fully saturated rings. The first-order valence-corrected chi connectivity index (χ1v) is 9.49. The van der Waals surface area contributed by atoms with E-state index in [4.69, 9.17) is 0 Å². The van der Waals surface area contributed by atoms with Crippen molar-refractivity contribution in [2.45, 2.75) is 23.8 Å². The van der Waals surface area contributed by atoms with E-state index in [2.05, 4.69) is 5.32 Å². The summed E-state index contributed by atoms with van der Waals surface area (Å²) in [6, 6.07) is 1.59. The number of quaternary nitrogens is 1. The van der Waals surface area contributed by atoms with Gasteiger partial charge in [0, 0.05) is 6.04 Å². The van der Waals surface area contributed by atoms with Crippen LogP contribution in [-0.4, -0.2) is 57.4 Å². The van der Waals surface area contributed by atoms with Gasteiger partial charge in [0.2, 0.25) is 10.0 Å². The van der Waals surface area contributed by atoms with Crippen LogP contribution < -0.4 is 10.2 Å². The lowest BCUT2D eigenvalue weighted by atomic mass is 10.3. The molecule has 0 aromatic heterocycles. The number of benzene rings is 1. The Morgan fingerprint density at radius 2 is 1.80 bits per heavy atom. The average Bonchev–Trinajstić information content (AvgIpc) is 3.36. The first-order chi connectivity index (χ1) is 11.8. The van der Waals surface area contributed by atoms with E-state index < -0.39 is 32.4 Å². The molecule has 3 rings (SSSR count). The number of piperazine rings is 1. The van der Waals surface area contributed by atoms with Crippen molar-refractivity contribution >= 4 is 15.9 Å². The molecule has 0 radical (unpaired) electrons. The van der Waals surface area contributed by atoms with E-state index in [0.29, 0.717) is 19.2 Å². The van der Waals surface area contributed by atoms with Gasteiger partial charge in [0.05, 0.1) is 26.2 Å². The Labute approximate surface area is 143 Å². The molecule has 2 aliphatic rings. The van der Waals surface area contributed by atoms with Crippen LogP contribution in [0.15, 0.2) is 17.0 Å². The molecule has 1 aromatic rings. The third-order valence-corrected chi connectivity index (χ3v) is 6.32. The first-order valence-electron chi connectivity index (χ1n) is 8.05. The van der Waals surface area contributed by atoms with Crippen molar-refractivity contribution in [2.24, 2.45) is 0 Å². The van der Waals surface area contributed by atoms with Gasteiger partial charge in [0.15, 0.2) is 24.0 Å². The van der Waals surface area contributed by atoms with E-state index in [1.165, 1.54) is 0 Å². The maximum Gasteiger partial charge on any atom is 0.275 e. The molecule has 0 unspecified atom stereocenters. The predicted octanol–water partition coefficient (Wildman–Crippen LogP) is -0.728. The standard InChI is InChI=1S/C15H18F3N3O3S/c16-11-3-4-12(15(18)14(11)17)25(23,24)21-7-5-20(6-8-21)9-13(22)19-10-1-2-10/h3-4,10H,1-2,5-9H2,(H,19,22)/p+1. The number of carbonyl (C=O) groups excluding carboxylic acids is 1. The van der Waals surface area contributed by atoms with Gasteiger partial charge < -0.3 is 10.2 Å². The van der Waals surface area contributed by atoms with Gasteiger partial charge in [-0.2, -0.15) is 4.31 Å². The Hall–Kier alpha value is -1.65. The van der Waals surface area contributed by atoms with Crippen LogP contribution in [0.5, 0.6) is 0 Å². The third kappa shape index (κ3) is 3.96. The molecule has 138 valence electrons. The molecule has 0 spiro atoms. The Kier molecular flexibility index (Phi) is 5.03. The topological polar surface area (TPSA) is 70.9 Å². The predicted molar refractivity (Wildman–Crippen MR) is 81.8 cm³/mol. The maximum absolute atomic E-state index is 13.8. The lowest BCUT2D eigenvalue weighted by molar-refractivity contribution is -0.895. The summed E-state index contributed by atoms with van der Waals surface area (Å²) in [5.41, 5.74) is 0. The molecular weight excluding hydrogens is 359 g/mol. The Morgan fingerprint density at radius 1 is 1.16 bits per heavy atom. The maximum atomic E-state index is 13.8. The number of nitrogens with zero attached hydrogens (tertiary/aromatic N) is 1. The molecule has 1 aliphatic heterocycles. The van der Waals surface area contributed by atoms with Crippen molar-refractivity contribution in [3.05, 3.63) is 29.6 Å². The number of halogens is 3. The Bertz CT molecular complexity index is 776. The molecule has 1 amide bonds. The fourth-order valence-corrected chi connectivity index (χ4v) is 4.30. The number of rotatable bonds is 5. The SMILES string of the molecule is O=C(C[NH+]1CCN(S(=O)(=O)c2ccc(F)c(F)c2F)CC1)NC1CC1. The number of hydrogen-bond acceptors (Lipinski definition) is 3.